The molecule has 2 aromatic rings. The predicted molar refractivity (Wildman–Crippen MR) is 86.5 cm³/mol. The average molecular weight is 435 g/mol. The summed E-state index contributed by atoms with van der Waals surface area (Å²) in [6.07, 6.45) is 0.365. The van der Waals surface area contributed by atoms with Gasteiger partial charge in [-0.1, -0.05) is 28.1 Å². The second kappa shape index (κ2) is 5.89. The third kappa shape index (κ3) is 4.00. The Labute approximate surface area is 134 Å². The highest BCUT2D eigenvalue weighted by atomic mass is 127. The van der Waals surface area contributed by atoms with Gasteiger partial charge < -0.3 is 5.11 Å². The van der Waals surface area contributed by atoms with Gasteiger partial charge in [-0.3, -0.25) is 0 Å². The van der Waals surface area contributed by atoms with Crippen LogP contribution in [-0.4, -0.2) is 5.11 Å². The van der Waals surface area contributed by atoms with Crippen molar-refractivity contribution < 1.29 is 9.50 Å². The fourth-order valence-electron chi connectivity index (χ4n) is 2.02. The van der Waals surface area contributed by atoms with E-state index in [2.05, 4.69) is 38.5 Å². The zero-order valence-electron chi connectivity index (χ0n) is 10.3. The maximum atomic E-state index is 13.3. The molecule has 1 N–H and O–H groups in total. The Balaban J connectivity index is 2.27. The van der Waals surface area contributed by atoms with Crippen LogP contribution >= 0.6 is 38.5 Å². The van der Waals surface area contributed by atoms with Crippen molar-refractivity contribution in [3.63, 3.8) is 0 Å². The summed E-state index contributed by atoms with van der Waals surface area (Å²) in [5, 5.41) is 10.6. The third-order valence-electron chi connectivity index (χ3n) is 2.94. The maximum absolute atomic E-state index is 13.3. The minimum absolute atomic E-state index is 0.303. The first kappa shape index (κ1) is 14.9. The van der Waals surface area contributed by atoms with Crippen LogP contribution in [0.25, 0.3) is 0 Å². The van der Waals surface area contributed by atoms with Crippen molar-refractivity contribution >= 4 is 38.5 Å². The van der Waals surface area contributed by atoms with Crippen molar-refractivity contribution in [1.29, 1.82) is 0 Å². The van der Waals surface area contributed by atoms with Gasteiger partial charge in [-0.2, -0.15) is 0 Å². The van der Waals surface area contributed by atoms with Crippen LogP contribution in [0.4, 0.5) is 4.39 Å². The Hall–Kier alpha value is -0.460. The summed E-state index contributed by atoms with van der Waals surface area (Å²) < 4.78 is 15.1. The molecule has 0 fully saturated rings. The van der Waals surface area contributed by atoms with Crippen LogP contribution in [0, 0.1) is 9.39 Å². The van der Waals surface area contributed by atoms with E-state index in [0.29, 0.717) is 10.9 Å². The standard InChI is InChI=1S/C15H13BrFIO/c1-15(19,11-2-4-14(18)5-3-11)9-10-6-12(16)8-13(17)7-10/h2-8,19H,9H2,1H3. The van der Waals surface area contributed by atoms with Crippen molar-refractivity contribution in [1.82, 2.24) is 0 Å². The summed E-state index contributed by atoms with van der Waals surface area (Å²) in [4.78, 5) is 0. The van der Waals surface area contributed by atoms with Crippen LogP contribution in [0.3, 0.4) is 0 Å². The van der Waals surface area contributed by atoms with E-state index in [1.165, 1.54) is 12.1 Å². The Morgan fingerprint density at radius 2 is 1.84 bits per heavy atom. The molecule has 19 heavy (non-hydrogen) atoms. The smallest absolute Gasteiger partial charge is 0.124 e. The molecule has 0 saturated carbocycles. The van der Waals surface area contributed by atoms with E-state index in [4.69, 9.17) is 0 Å². The zero-order chi connectivity index (χ0) is 14.0. The lowest BCUT2D eigenvalue weighted by molar-refractivity contribution is 0.0575. The monoisotopic (exact) mass is 434 g/mol. The molecule has 2 aromatic carbocycles. The van der Waals surface area contributed by atoms with Gasteiger partial charge in [0.15, 0.2) is 0 Å². The summed E-state index contributed by atoms with van der Waals surface area (Å²) in [5.74, 6) is -0.303. The van der Waals surface area contributed by atoms with E-state index in [1.807, 2.05) is 30.3 Å². The fourth-order valence-corrected chi connectivity index (χ4v) is 2.89. The fraction of sp³-hybridized carbons (Fsp3) is 0.200. The quantitative estimate of drug-likeness (QED) is 0.697. The van der Waals surface area contributed by atoms with Gasteiger partial charge in [0.2, 0.25) is 0 Å². The van der Waals surface area contributed by atoms with Gasteiger partial charge >= 0.3 is 0 Å². The first-order chi connectivity index (χ1) is 8.87. The summed E-state index contributed by atoms with van der Waals surface area (Å²) in [6, 6.07) is 12.4. The Bertz CT molecular complexity index is 561. The second-order valence-corrected chi connectivity index (χ2v) is 6.90. The van der Waals surface area contributed by atoms with E-state index in [0.717, 1.165) is 14.7 Å². The molecule has 0 bridgehead atoms. The molecular formula is C15H13BrFIO. The number of halogens is 3. The summed E-state index contributed by atoms with van der Waals surface area (Å²) in [5.41, 5.74) is 0.570. The summed E-state index contributed by atoms with van der Waals surface area (Å²) in [7, 11) is 0. The average Bonchev–Trinajstić information content (AvgIpc) is 2.27. The molecule has 1 atom stereocenters. The topological polar surface area (TPSA) is 20.2 Å². The Morgan fingerprint density at radius 1 is 1.21 bits per heavy atom. The highest BCUT2D eigenvalue weighted by Crippen LogP contribution is 2.27. The van der Waals surface area contributed by atoms with Crippen molar-refractivity contribution in [3.8, 4) is 0 Å². The molecule has 4 heteroatoms. The largest absolute Gasteiger partial charge is 0.385 e. The predicted octanol–water partition coefficient (Wildman–Crippen LogP) is 4.64. The van der Waals surface area contributed by atoms with Gasteiger partial charge in [0.1, 0.15) is 5.82 Å². The van der Waals surface area contributed by atoms with Crippen LogP contribution < -0.4 is 0 Å². The number of aliphatic hydroxyl groups is 1. The highest BCUT2D eigenvalue weighted by molar-refractivity contribution is 14.1. The molecule has 0 aliphatic rings. The van der Waals surface area contributed by atoms with Gasteiger partial charge in [0, 0.05) is 14.5 Å². The molecule has 0 aliphatic carbocycles. The van der Waals surface area contributed by atoms with Gasteiger partial charge in [-0.25, -0.2) is 4.39 Å². The van der Waals surface area contributed by atoms with Crippen LogP contribution in [0.2, 0.25) is 0 Å². The molecule has 0 aromatic heterocycles. The van der Waals surface area contributed by atoms with Crippen molar-refractivity contribution in [2.45, 2.75) is 18.9 Å². The maximum Gasteiger partial charge on any atom is 0.124 e. The van der Waals surface area contributed by atoms with Crippen molar-refractivity contribution in [2.75, 3.05) is 0 Å². The number of hydrogen-bond acceptors (Lipinski definition) is 1. The lowest BCUT2D eigenvalue weighted by Crippen LogP contribution is -2.24. The minimum atomic E-state index is -1.02. The number of hydrogen-bond donors (Lipinski definition) is 1. The lowest BCUT2D eigenvalue weighted by Gasteiger charge is -2.24. The van der Waals surface area contributed by atoms with Gasteiger partial charge in [-0.15, -0.1) is 0 Å². The zero-order valence-corrected chi connectivity index (χ0v) is 14.1. The summed E-state index contributed by atoms with van der Waals surface area (Å²) in [6.45, 7) is 1.74. The van der Waals surface area contributed by atoms with E-state index in [1.54, 1.807) is 6.92 Å². The third-order valence-corrected chi connectivity index (χ3v) is 4.11. The normalized spacial score (nSPS) is 14.2. The Kier molecular flexibility index (Phi) is 4.63. The number of benzene rings is 2. The molecule has 0 spiro atoms. The van der Waals surface area contributed by atoms with Crippen LogP contribution in [0.5, 0.6) is 0 Å². The molecule has 1 unspecified atom stereocenters. The Morgan fingerprint density at radius 3 is 2.42 bits per heavy atom. The molecule has 0 radical (unpaired) electrons. The SMILES string of the molecule is CC(O)(Cc1cc(F)cc(Br)c1)c1ccc(I)cc1. The molecular weight excluding hydrogens is 422 g/mol. The van der Waals surface area contributed by atoms with Crippen LogP contribution in [0.15, 0.2) is 46.9 Å². The molecule has 100 valence electrons. The molecule has 1 nitrogen and oxygen atoms in total. The van der Waals surface area contributed by atoms with Crippen LogP contribution in [0.1, 0.15) is 18.1 Å². The van der Waals surface area contributed by atoms with Gasteiger partial charge in [0.05, 0.1) is 5.60 Å². The first-order valence-corrected chi connectivity index (χ1v) is 7.67. The van der Waals surface area contributed by atoms with E-state index in [9.17, 15) is 9.50 Å². The first-order valence-electron chi connectivity index (χ1n) is 5.80. The van der Waals surface area contributed by atoms with Gasteiger partial charge in [-0.05, 0) is 71.0 Å². The number of rotatable bonds is 3. The van der Waals surface area contributed by atoms with E-state index < -0.39 is 5.60 Å². The molecule has 2 rings (SSSR count). The van der Waals surface area contributed by atoms with Crippen LogP contribution in [-0.2, 0) is 12.0 Å². The second-order valence-electron chi connectivity index (χ2n) is 4.74. The van der Waals surface area contributed by atoms with Crippen molar-refractivity contribution in [2.24, 2.45) is 0 Å². The highest BCUT2D eigenvalue weighted by Gasteiger charge is 2.23. The van der Waals surface area contributed by atoms with Gasteiger partial charge in [0.25, 0.3) is 0 Å². The lowest BCUT2D eigenvalue weighted by atomic mass is 9.89. The summed E-state index contributed by atoms with van der Waals surface area (Å²) >= 11 is 5.48. The molecule has 0 saturated heterocycles. The van der Waals surface area contributed by atoms with Crippen molar-refractivity contribution in [3.05, 3.63) is 67.5 Å². The minimum Gasteiger partial charge on any atom is -0.385 e. The van der Waals surface area contributed by atoms with E-state index in [-0.39, 0.29) is 5.82 Å². The molecule has 0 amide bonds. The molecule has 0 aliphatic heterocycles. The molecule has 0 heterocycles. The van der Waals surface area contributed by atoms with E-state index >= 15 is 0 Å².